The van der Waals surface area contributed by atoms with E-state index in [1.165, 1.54) is 0 Å². The summed E-state index contributed by atoms with van der Waals surface area (Å²) in [6.45, 7) is 0.429. The maximum Gasteiger partial charge on any atom is 0.395 e. The van der Waals surface area contributed by atoms with Gasteiger partial charge in [-0.1, -0.05) is 18.6 Å². The summed E-state index contributed by atoms with van der Waals surface area (Å²) in [5.74, 6) is 0.139. The van der Waals surface area contributed by atoms with E-state index in [0.29, 0.717) is 13.0 Å². The van der Waals surface area contributed by atoms with E-state index in [4.69, 9.17) is 0 Å². The third kappa shape index (κ3) is 3.03. The van der Waals surface area contributed by atoms with E-state index in [2.05, 4.69) is 0 Å². The van der Waals surface area contributed by atoms with Crippen molar-refractivity contribution in [1.82, 2.24) is 4.90 Å². The van der Waals surface area contributed by atoms with Gasteiger partial charge in [0.25, 0.3) is 0 Å². The van der Waals surface area contributed by atoms with E-state index in [9.17, 15) is 18.3 Å². The number of phenolic OH excluding ortho intramolecular Hbond substituents is 1. The van der Waals surface area contributed by atoms with Crippen molar-refractivity contribution in [3.8, 4) is 5.75 Å². The Labute approximate surface area is 110 Å². The molecular formula is C14H18F3NO. The summed E-state index contributed by atoms with van der Waals surface area (Å²) < 4.78 is 39.2. The van der Waals surface area contributed by atoms with Crippen LogP contribution >= 0.6 is 0 Å². The van der Waals surface area contributed by atoms with Crippen LogP contribution in [0.2, 0.25) is 0 Å². The lowest BCUT2D eigenvalue weighted by molar-refractivity contribution is -0.255. The van der Waals surface area contributed by atoms with Gasteiger partial charge in [0.05, 0.1) is 5.41 Å². The fraction of sp³-hybridized carbons (Fsp3) is 0.571. The molecule has 0 atom stereocenters. The van der Waals surface area contributed by atoms with Crippen LogP contribution in [0.1, 0.15) is 24.8 Å². The highest BCUT2D eigenvalue weighted by Crippen LogP contribution is 2.53. The molecule has 2 nitrogen and oxygen atoms in total. The normalized spacial score (nSPS) is 18.4. The SMILES string of the molecule is CN(Cc1cccc(O)c1)CC1(C(F)(F)F)CCC1. The molecule has 5 heteroatoms. The maximum absolute atomic E-state index is 13.1. The van der Waals surface area contributed by atoms with Gasteiger partial charge in [0.15, 0.2) is 0 Å². The minimum Gasteiger partial charge on any atom is -0.508 e. The fourth-order valence-corrected chi connectivity index (χ4v) is 2.67. The first kappa shape index (κ1) is 14.2. The number of nitrogens with zero attached hydrogens (tertiary/aromatic N) is 1. The molecule has 0 amide bonds. The van der Waals surface area contributed by atoms with Gasteiger partial charge in [-0.25, -0.2) is 0 Å². The molecule has 1 aromatic rings. The van der Waals surface area contributed by atoms with Crippen LogP contribution in [-0.4, -0.2) is 29.8 Å². The van der Waals surface area contributed by atoms with E-state index in [0.717, 1.165) is 5.56 Å². The van der Waals surface area contributed by atoms with Gasteiger partial charge >= 0.3 is 6.18 Å². The topological polar surface area (TPSA) is 23.5 Å². The predicted octanol–water partition coefficient (Wildman–Crippen LogP) is 3.56. The quantitative estimate of drug-likeness (QED) is 0.906. The molecule has 0 radical (unpaired) electrons. The van der Waals surface area contributed by atoms with Crippen molar-refractivity contribution >= 4 is 0 Å². The molecule has 19 heavy (non-hydrogen) atoms. The van der Waals surface area contributed by atoms with Crippen molar-refractivity contribution < 1.29 is 18.3 Å². The van der Waals surface area contributed by atoms with Gasteiger partial charge in [0.2, 0.25) is 0 Å². The van der Waals surface area contributed by atoms with Crippen LogP contribution in [0.5, 0.6) is 5.75 Å². The van der Waals surface area contributed by atoms with E-state index in [-0.39, 0.29) is 25.1 Å². The monoisotopic (exact) mass is 273 g/mol. The smallest absolute Gasteiger partial charge is 0.395 e. The molecule has 0 saturated heterocycles. The summed E-state index contributed by atoms with van der Waals surface area (Å²) in [4.78, 5) is 1.68. The number of alkyl halides is 3. The van der Waals surface area contributed by atoms with Crippen molar-refractivity contribution in [3.05, 3.63) is 29.8 Å². The summed E-state index contributed by atoms with van der Waals surface area (Å²) in [7, 11) is 1.69. The van der Waals surface area contributed by atoms with E-state index < -0.39 is 11.6 Å². The highest BCUT2D eigenvalue weighted by atomic mass is 19.4. The average Bonchev–Trinajstić information content (AvgIpc) is 2.21. The standard InChI is InChI=1S/C14H18F3NO/c1-18(9-11-4-2-5-12(19)8-11)10-13(6-3-7-13)14(15,16)17/h2,4-5,8,19H,3,6-7,9-10H2,1H3. The van der Waals surface area contributed by atoms with Gasteiger partial charge in [-0.15, -0.1) is 0 Å². The van der Waals surface area contributed by atoms with Gasteiger partial charge in [0.1, 0.15) is 5.75 Å². The first-order valence-corrected chi connectivity index (χ1v) is 6.36. The summed E-state index contributed by atoms with van der Waals surface area (Å²) in [6.07, 6.45) is -3.03. The molecule has 1 saturated carbocycles. The Morgan fingerprint density at radius 3 is 2.47 bits per heavy atom. The largest absolute Gasteiger partial charge is 0.508 e. The van der Waals surface area contributed by atoms with E-state index in [1.807, 2.05) is 0 Å². The van der Waals surface area contributed by atoms with Gasteiger partial charge in [-0.3, -0.25) is 0 Å². The van der Waals surface area contributed by atoms with Crippen LogP contribution in [0.4, 0.5) is 13.2 Å². The molecule has 0 unspecified atom stereocenters. The third-order valence-electron chi connectivity index (χ3n) is 3.85. The Hall–Kier alpha value is -1.23. The zero-order valence-electron chi connectivity index (χ0n) is 10.9. The first-order valence-electron chi connectivity index (χ1n) is 6.36. The van der Waals surface area contributed by atoms with Crippen molar-refractivity contribution in [2.45, 2.75) is 32.0 Å². The summed E-state index contributed by atoms with van der Waals surface area (Å²) in [5.41, 5.74) is -0.711. The third-order valence-corrected chi connectivity index (χ3v) is 3.85. The number of benzene rings is 1. The Morgan fingerprint density at radius 1 is 1.32 bits per heavy atom. The zero-order chi connectivity index (χ0) is 14.1. The molecule has 0 spiro atoms. The lowest BCUT2D eigenvalue weighted by Crippen LogP contribution is -2.50. The van der Waals surface area contributed by atoms with Gasteiger partial charge in [-0.05, 0) is 37.6 Å². The van der Waals surface area contributed by atoms with Gasteiger partial charge in [0, 0.05) is 13.1 Å². The second kappa shape index (κ2) is 5.04. The van der Waals surface area contributed by atoms with Crippen LogP contribution < -0.4 is 0 Å². The lowest BCUT2D eigenvalue weighted by atomic mass is 9.68. The first-order chi connectivity index (χ1) is 8.82. The maximum atomic E-state index is 13.1. The van der Waals surface area contributed by atoms with Crippen LogP contribution in [0, 0.1) is 5.41 Å². The van der Waals surface area contributed by atoms with Crippen LogP contribution in [0.25, 0.3) is 0 Å². The number of halogens is 3. The van der Waals surface area contributed by atoms with Crippen LogP contribution in [-0.2, 0) is 6.54 Å². The minimum atomic E-state index is -4.13. The van der Waals surface area contributed by atoms with E-state index >= 15 is 0 Å². The lowest BCUT2D eigenvalue weighted by Gasteiger charge is -2.45. The second-order valence-electron chi connectivity index (χ2n) is 5.47. The van der Waals surface area contributed by atoms with Crippen LogP contribution in [0.3, 0.4) is 0 Å². The number of hydrogen-bond acceptors (Lipinski definition) is 2. The molecule has 1 fully saturated rings. The molecule has 0 aromatic heterocycles. The van der Waals surface area contributed by atoms with Crippen LogP contribution in [0.15, 0.2) is 24.3 Å². The zero-order valence-corrected chi connectivity index (χ0v) is 10.9. The minimum absolute atomic E-state index is 0.0200. The second-order valence-corrected chi connectivity index (χ2v) is 5.47. The molecule has 2 rings (SSSR count). The van der Waals surface area contributed by atoms with Crippen molar-refractivity contribution in [2.24, 2.45) is 5.41 Å². The number of phenols is 1. The summed E-state index contributed by atoms with van der Waals surface area (Å²) in [6, 6.07) is 6.63. The van der Waals surface area contributed by atoms with E-state index in [1.54, 1.807) is 36.2 Å². The van der Waals surface area contributed by atoms with Gasteiger partial charge in [-0.2, -0.15) is 13.2 Å². The Kier molecular flexibility index (Phi) is 3.76. The average molecular weight is 273 g/mol. The number of rotatable bonds is 4. The fourth-order valence-electron chi connectivity index (χ4n) is 2.67. The predicted molar refractivity (Wildman–Crippen MR) is 66.8 cm³/mol. The Morgan fingerprint density at radius 2 is 2.00 bits per heavy atom. The Bertz CT molecular complexity index is 441. The molecular weight excluding hydrogens is 255 g/mol. The number of aromatic hydroxyl groups is 1. The molecule has 0 bridgehead atoms. The number of hydrogen-bond donors (Lipinski definition) is 1. The van der Waals surface area contributed by atoms with Crippen molar-refractivity contribution in [1.29, 1.82) is 0 Å². The van der Waals surface area contributed by atoms with Crippen molar-refractivity contribution in [3.63, 3.8) is 0 Å². The Balaban J connectivity index is 1.99. The molecule has 1 aliphatic carbocycles. The summed E-state index contributed by atoms with van der Waals surface area (Å²) >= 11 is 0. The highest BCUT2D eigenvalue weighted by molar-refractivity contribution is 5.27. The molecule has 0 heterocycles. The molecule has 106 valence electrons. The molecule has 0 aliphatic heterocycles. The molecule has 1 N–H and O–H groups in total. The van der Waals surface area contributed by atoms with Gasteiger partial charge < -0.3 is 10.0 Å². The van der Waals surface area contributed by atoms with Crippen molar-refractivity contribution in [2.75, 3.05) is 13.6 Å². The highest BCUT2D eigenvalue weighted by Gasteiger charge is 2.58. The summed E-state index contributed by atoms with van der Waals surface area (Å²) in [5, 5.41) is 9.35. The molecule has 1 aliphatic rings. The molecule has 1 aromatic carbocycles.